The first-order valence-corrected chi connectivity index (χ1v) is 30.5. The van der Waals surface area contributed by atoms with Crippen molar-refractivity contribution in [2.45, 2.75) is 238 Å². The standard InChI is InChI=1S/C62H108NO8P/c1-6-8-10-12-14-16-18-20-22-24-26-27-28-29-30-31-32-33-34-35-37-38-40-42-44-46-48-50-52-54-61(64)68-58-60(59-70-72(66,67)69-57-56-63(3,4)5)71-62(65)55-53-51-49-47-45-43-41-39-36-25-23-21-19-17-15-13-11-9-7-2/h9,11,15,17-18,20-21,23-24,26,36,39,43,45,49,51,60H,6-8,10,12-14,16,19,22,25,27-35,37-38,40-42,44,46-48,50,52-59H2,1-5H3/p+1/b11-9-,17-15-,20-18-,23-21-,26-24-,39-36-,45-43-,51-49-. The highest BCUT2D eigenvalue weighted by atomic mass is 31.2. The molecule has 0 aliphatic carbocycles. The van der Waals surface area contributed by atoms with E-state index >= 15 is 0 Å². The highest BCUT2D eigenvalue weighted by Crippen LogP contribution is 2.43. The molecule has 0 spiro atoms. The second kappa shape index (κ2) is 52.8. The van der Waals surface area contributed by atoms with Gasteiger partial charge in [-0.3, -0.25) is 18.6 Å². The molecule has 0 aromatic rings. The van der Waals surface area contributed by atoms with Gasteiger partial charge in [0.2, 0.25) is 0 Å². The van der Waals surface area contributed by atoms with Crippen LogP contribution in [0.4, 0.5) is 0 Å². The second-order valence-electron chi connectivity index (χ2n) is 20.3. The van der Waals surface area contributed by atoms with Crippen LogP contribution in [0.1, 0.15) is 232 Å². The maximum absolute atomic E-state index is 12.7. The lowest BCUT2D eigenvalue weighted by Crippen LogP contribution is -2.37. The van der Waals surface area contributed by atoms with E-state index < -0.39 is 26.5 Å². The van der Waals surface area contributed by atoms with E-state index in [1.54, 1.807) is 0 Å². The number of hydrogen-bond acceptors (Lipinski definition) is 7. The molecule has 0 aliphatic rings. The summed E-state index contributed by atoms with van der Waals surface area (Å²) in [5.74, 6) is -0.896. The van der Waals surface area contributed by atoms with E-state index in [4.69, 9.17) is 18.5 Å². The van der Waals surface area contributed by atoms with Crippen LogP contribution in [-0.2, 0) is 32.7 Å². The van der Waals surface area contributed by atoms with Crippen molar-refractivity contribution in [1.82, 2.24) is 0 Å². The van der Waals surface area contributed by atoms with Gasteiger partial charge in [-0.15, -0.1) is 0 Å². The second-order valence-corrected chi connectivity index (χ2v) is 21.7. The summed E-state index contributed by atoms with van der Waals surface area (Å²) >= 11 is 0. The van der Waals surface area contributed by atoms with Crippen LogP contribution in [0.5, 0.6) is 0 Å². The number of esters is 2. The number of phosphoric acid groups is 1. The topological polar surface area (TPSA) is 108 Å². The molecule has 0 radical (unpaired) electrons. The Morgan fingerprint density at radius 1 is 0.444 bits per heavy atom. The average Bonchev–Trinajstić information content (AvgIpc) is 3.34. The fourth-order valence-corrected chi connectivity index (χ4v) is 8.40. The molecule has 2 unspecified atom stereocenters. The van der Waals surface area contributed by atoms with Crippen LogP contribution in [-0.4, -0.2) is 74.9 Å². The number of unbranched alkanes of at least 4 members (excludes halogenated alkanes) is 22. The van der Waals surface area contributed by atoms with Crippen molar-refractivity contribution in [2.24, 2.45) is 0 Å². The fraction of sp³-hybridized carbons (Fsp3) is 0.710. The van der Waals surface area contributed by atoms with Gasteiger partial charge in [-0.2, -0.15) is 0 Å². The number of carbonyl (C=O) groups is 2. The molecule has 0 heterocycles. The Balaban J connectivity index is 4.19. The van der Waals surface area contributed by atoms with Gasteiger partial charge >= 0.3 is 19.8 Å². The van der Waals surface area contributed by atoms with Crippen LogP contribution < -0.4 is 0 Å². The first kappa shape index (κ1) is 68.9. The summed E-state index contributed by atoms with van der Waals surface area (Å²) in [6, 6.07) is 0. The SMILES string of the molecule is CC/C=C\C/C=C\C/C=C\C/C=C\C/C=C\C/C=C\CCC(=O)OC(COC(=O)CCCCCCCCCCCCCCCCCCC/C=C\C/C=C\CCCCCCC)COP(=O)(O)OCC[N+](C)(C)C. The molecule has 0 bridgehead atoms. The highest BCUT2D eigenvalue weighted by Gasteiger charge is 2.27. The van der Waals surface area contributed by atoms with Crippen molar-refractivity contribution in [1.29, 1.82) is 0 Å². The Bertz CT molecular complexity index is 1540. The number of rotatable bonds is 52. The molecule has 0 aromatic heterocycles. The molecule has 0 saturated carbocycles. The van der Waals surface area contributed by atoms with Gasteiger partial charge in [0, 0.05) is 12.8 Å². The summed E-state index contributed by atoms with van der Waals surface area (Å²) in [5, 5.41) is 0. The first-order valence-electron chi connectivity index (χ1n) is 29.0. The Kier molecular flexibility index (Phi) is 50.5. The third-order valence-electron chi connectivity index (χ3n) is 12.1. The van der Waals surface area contributed by atoms with E-state index in [-0.39, 0.29) is 32.0 Å². The van der Waals surface area contributed by atoms with Crippen LogP contribution in [0, 0.1) is 0 Å². The van der Waals surface area contributed by atoms with Crippen LogP contribution in [0.25, 0.3) is 0 Å². The maximum Gasteiger partial charge on any atom is 0.472 e. The van der Waals surface area contributed by atoms with E-state index in [1.165, 1.54) is 135 Å². The zero-order valence-electron chi connectivity index (χ0n) is 46.9. The summed E-state index contributed by atoms with van der Waals surface area (Å²) in [6.45, 7) is 4.22. The van der Waals surface area contributed by atoms with Crippen molar-refractivity contribution < 1.29 is 42.1 Å². The Morgan fingerprint density at radius 3 is 1.24 bits per heavy atom. The molecule has 9 nitrogen and oxygen atoms in total. The number of carbonyl (C=O) groups excluding carboxylic acids is 2. The van der Waals surface area contributed by atoms with Crippen LogP contribution in [0.15, 0.2) is 97.2 Å². The smallest absolute Gasteiger partial charge is 0.462 e. The van der Waals surface area contributed by atoms with Crippen molar-refractivity contribution in [3.05, 3.63) is 97.2 Å². The number of hydrogen-bond donors (Lipinski definition) is 1. The van der Waals surface area contributed by atoms with E-state index in [2.05, 4.69) is 98.9 Å². The minimum atomic E-state index is -4.41. The number of ether oxygens (including phenoxy) is 2. The van der Waals surface area contributed by atoms with Gasteiger partial charge in [0.1, 0.15) is 19.8 Å². The van der Waals surface area contributed by atoms with Gasteiger partial charge in [0.15, 0.2) is 6.10 Å². The largest absolute Gasteiger partial charge is 0.472 e. The molecule has 0 fully saturated rings. The average molecular weight is 1030 g/mol. The van der Waals surface area contributed by atoms with Crippen molar-refractivity contribution in [3.8, 4) is 0 Å². The highest BCUT2D eigenvalue weighted by molar-refractivity contribution is 7.47. The molecule has 414 valence electrons. The minimum absolute atomic E-state index is 0.0141. The van der Waals surface area contributed by atoms with Gasteiger partial charge in [-0.1, -0.05) is 233 Å². The molecule has 10 heteroatoms. The Labute approximate surface area is 443 Å². The maximum atomic E-state index is 12.7. The normalized spacial score (nSPS) is 14.0. The van der Waals surface area contributed by atoms with Crippen molar-refractivity contribution >= 4 is 19.8 Å². The molecular weight excluding hydrogens is 918 g/mol. The van der Waals surface area contributed by atoms with Crippen LogP contribution in [0.3, 0.4) is 0 Å². The van der Waals surface area contributed by atoms with Gasteiger partial charge in [0.05, 0.1) is 27.7 Å². The molecule has 0 saturated heterocycles. The van der Waals surface area contributed by atoms with E-state index in [9.17, 15) is 19.0 Å². The van der Waals surface area contributed by atoms with Gasteiger partial charge in [-0.25, -0.2) is 4.57 Å². The van der Waals surface area contributed by atoms with Crippen molar-refractivity contribution in [3.63, 3.8) is 0 Å². The molecule has 0 rings (SSSR count). The Hall–Kier alpha value is -3.07. The van der Waals surface area contributed by atoms with Gasteiger partial charge in [-0.05, 0) is 83.5 Å². The predicted octanol–water partition coefficient (Wildman–Crippen LogP) is 18.0. The third kappa shape index (κ3) is 56.2. The van der Waals surface area contributed by atoms with E-state index in [0.29, 0.717) is 17.4 Å². The molecule has 0 aromatic carbocycles. The molecule has 72 heavy (non-hydrogen) atoms. The number of allylic oxidation sites excluding steroid dienone is 16. The number of likely N-dealkylation sites (N-methyl/N-ethyl adjacent to an activating group) is 1. The monoisotopic (exact) mass is 1030 g/mol. The molecule has 0 amide bonds. The quantitative estimate of drug-likeness (QED) is 0.0211. The lowest BCUT2D eigenvalue weighted by molar-refractivity contribution is -0.870. The summed E-state index contributed by atoms with van der Waals surface area (Å²) in [4.78, 5) is 35.6. The summed E-state index contributed by atoms with van der Waals surface area (Å²) in [6.07, 6.45) is 72.2. The minimum Gasteiger partial charge on any atom is -0.462 e. The summed E-state index contributed by atoms with van der Waals surface area (Å²) < 4.78 is 34.4. The van der Waals surface area contributed by atoms with E-state index in [0.717, 1.165) is 64.2 Å². The number of quaternary nitrogens is 1. The lowest BCUT2D eigenvalue weighted by atomic mass is 10.0. The van der Waals surface area contributed by atoms with Crippen LogP contribution in [0.2, 0.25) is 0 Å². The van der Waals surface area contributed by atoms with Gasteiger partial charge in [0.25, 0.3) is 0 Å². The third-order valence-corrected chi connectivity index (χ3v) is 13.1. The molecular formula is C62H109NO8P+. The van der Waals surface area contributed by atoms with Crippen LogP contribution >= 0.6 is 7.82 Å². The summed E-state index contributed by atoms with van der Waals surface area (Å²) in [7, 11) is 1.42. The first-order chi connectivity index (χ1) is 35.0. The molecule has 0 aliphatic heterocycles. The predicted molar refractivity (Wildman–Crippen MR) is 307 cm³/mol. The van der Waals surface area contributed by atoms with Crippen molar-refractivity contribution in [2.75, 3.05) is 47.5 Å². The zero-order valence-corrected chi connectivity index (χ0v) is 47.8. The number of nitrogens with zero attached hydrogens (tertiary/aromatic N) is 1. The molecule has 1 N–H and O–H groups in total. The fourth-order valence-electron chi connectivity index (χ4n) is 7.66. The zero-order chi connectivity index (χ0) is 52.7. The van der Waals surface area contributed by atoms with E-state index in [1.807, 2.05) is 33.3 Å². The number of phosphoric ester groups is 1. The lowest BCUT2D eigenvalue weighted by Gasteiger charge is -2.24. The Morgan fingerprint density at radius 2 is 0.819 bits per heavy atom. The van der Waals surface area contributed by atoms with Gasteiger partial charge < -0.3 is 18.9 Å². The molecule has 2 atom stereocenters. The summed E-state index contributed by atoms with van der Waals surface area (Å²) in [5.41, 5.74) is 0.